The van der Waals surface area contributed by atoms with Crippen LogP contribution in [0, 0.1) is 0 Å². The molecule has 0 aromatic carbocycles. The Balaban J connectivity index is 1.40. The Kier molecular flexibility index (Phi) is 6.99. The number of imidazole rings is 1. The quantitative estimate of drug-likeness (QED) is 0.386. The van der Waals surface area contributed by atoms with Crippen LogP contribution in [0.25, 0.3) is 22.6 Å². The minimum absolute atomic E-state index is 0.192. The molecule has 4 aromatic rings. The highest BCUT2D eigenvalue weighted by Crippen LogP contribution is 2.22. The maximum atomic E-state index is 13.4. The average Bonchev–Trinajstić information content (AvgIpc) is 3.39. The summed E-state index contributed by atoms with van der Waals surface area (Å²) in [6, 6.07) is 0.864. The molecule has 1 saturated heterocycles. The van der Waals surface area contributed by atoms with Crippen molar-refractivity contribution >= 4 is 28.8 Å². The number of rotatable bonds is 7. The topological polar surface area (TPSA) is 146 Å². The molecule has 198 valence electrons. The number of nitrogens with zero attached hydrogens (tertiary/aromatic N) is 9. The van der Waals surface area contributed by atoms with Crippen LogP contribution in [0.15, 0.2) is 40.6 Å². The lowest BCUT2D eigenvalue weighted by Crippen LogP contribution is -2.38. The van der Waals surface area contributed by atoms with E-state index in [1.807, 2.05) is 6.92 Å². The predicted octanol–water partition coefficient (Wildman–Crippen LogP) is 1.65. The van der Waals surface area contributed by atoms with Crippen LogP contribution in [0.1, 0.15) is 45.1 Å². The van der Waals surface area contributed by atoms with Gasteiger partial charge in [-0.05, 0) is 31.7 Å². The van der Waals surface area contributed by atoms with E-state index in [1.54, 1.807) is 31.7 Å². The van der Waals surface area contributed by atoms with Crippen LogP contribution in [0.5, 0.6) is 0 Å². The first-order valence-corrected chi connectivity index (χ1v) is 12.7. The fourth-order valence-electron chi connectivity index (χ4n) is 4.74. The van der Waals surface area contributed by atoms with Gasteiger partial charge in [-0.3, -0.25) is 18.7 Å². The molecule has 5 heterocycles. The Morgan fingerprint density at radius 2 is 1.76 bits per heavy atom. The summed E-state index contributed by atoms with van der Waals surface area (Å²) in [6.07, 6.45) is 11.0. The number of anilines is 2. The minimum Gasteiger partial charge on any atom is -0.341 e. The summed E-state index contributed by atoms with van der Waals surface area (Å²) in [5, 5.41) is 2.85. The molecule has 0 bridgehead atoms. The third-order valence-corrected chi connectivity index (χ3v) is 6.82. The number of fused-ring (bicyclic) bond motifs is 1. The number of carbonyl (C=O) groups excluding carboxylic acids is 1. The summed E-state index contributed by atoms with van der Waals surface area (Å²) in [5.41, 5.74) is 0.0661. The number of carbonyl (C=O) groups is 1. The second-order valence-electron chi connectivity index (χ2n) is 9.41. The van der Waals surface area contributed by atoms with Gasteiger partial charge in [-0.2, -0.15) is 0 Å². The predicted molar refractivity (Wildman–Crippen MR) is 142 cm³/mol. The number of hydrogen-bond donors (Lipinski definition) is 1. The molecule has 38 heavy (non-hydrogen) atoms. The Labute approximate surface area is 218 Å². The Hall–Kier alpha value is -4.42. The van der Waals surface area contributed by atoms with Crippen LogP contribution in [0.4, 0.5) is 11.8 Å². The van der Waals surface area contributed by atoms with Crippen LogP contribution in [0.3, 0.4) is 0 Å². The molecule has 4 aromatic heterocycles. The van der Waals surface area contributed by atoms with Gasteiger partial charge in [0.25, 0.3) is 5.56 Å². The fourth-order valence-corrected chi connectivity index (χ4v) is 4.74. The highest BCUT2D eigenvalue weighted by molar-refractivity contribution is 5.94. The zero-order chi connectivity index (χ0) is 26.8. The molecule has 1 atom stereocenters. The number of hydrogen-bond acceptors (Lipinski definition) is 9. The van der Waals surface area contributed by atoms with Crippen molar-refractivity contribution in [1.29, 1.82) is 0 Å². The first-order chi connectivity index (χ1) is 18.4. The van der Waals surface area contributed by atoms with E-state index in [9.17, 15) is 14.4 Å². The SMILES string of the molecule is CCCC(C(=O)Nc1ccnc(-c2cnc(N3CCCCC3)nc2)n1)n1cnc2c1c(=O)n(C)c(=O)n2C. The fraction of sp³-hybridized carbons (Fsp3) is 0.440. The van der Waals surface area contributed by atoms with E-state index in [0.29, 0.717) is 36.0 Å². The van der Waals surface area contributed by atoms with Gasteiger partial charge in [-0.15, -0.1) is 0 Å². The van der Waals surface area contributed by atoms with Crippen molar-refractivity contribution in [2.75, 3.05) is 23.3 Å². The first kappa shape index (κ1) is 25.2. The third kappa shape index (κ3) is 4.66. The van der Waals surface area contributed by atoms with E-state index in [4.69, 9.17) is 0 Å². The van der Waals surface area contributed by atoms with Gasteiger partial charge in [0.2, 0.25) is 11.9 Å². The molecule has 1 fully saturated rings. The number of piperidine rings is 1. The number of amides is 1. The van der Waals surface area contributed by atoms with E-state index in [1.165, 1.54) is 28.9 Å². The standard InChI is InChI=1S/C25H30N10O3/c1-4-8-17(35-15-29-21-19(35)23(37)33(3)25(38)32(21)2)22(36)31-18-9-10-26-20(30-18)16-13-27-24(28-14-16)34-11-6-5-7-12-34/h9-10,13-15,17H,4-8,11-12H2,1-3H3,(H,26,30,31,36). The van der Waals surface area contributed by atoms with Crippen LogP contribution in [-0.2, 0) is 18.9 Å². The minimum atomic E-state index is -0.735. The summed E-state index contributed by atoms with van der Waals surface area (Å²) in [5.74, 6) is 1.03. The lowest BCUT2D eigenvalue weighted by atomic mass is 10.1. The highest BCUT2D eigenvalue weighted by atomic mass is 16.2. The van der Waals surface area contributed by atoms with E-state index < -0.39 is 17.3 Å². The molecule has 1 aliphatic heterocycles. The van der Waals surface area contributed by atoms with Gasteiger partial charge in [-0.25, -0.2) is 29.7 Å². The number of aromatic nitrogens is 8. The van der Waals surface area contributed by atoms with Crippen molar-refractivity contribution in [3.8, 4) is 11.4 Å². The van der Waals surface area contributed by atoms with Crippen molar-refractivity contribution in [3.05, 3.63) is 51.8 Å². The molecule has 1 N–H and O–H groups in total. The Morgan fingerprint density at radius 3 is 2.47 bits per heavy atom. The van der Waals surface area contributed by atoms with E-state index in [-0.39, 0.29) is 17.1 Å². The summed E-state index contributed by atoms with van der Waals surface area (Å²) in [4.78, 5) is 62.9. The number of aryl methyl sites for hydroxylation is 1. The van der Waals surface area contributed by atoms with Gasteiger partial charge in [0.05, 0.1) is 11.9 Å². The largest absolute Gasteiger partial charge is 0.341 e. The molecule has 1 aliphatic rings. The molecule has 1 amide bonds. The Morgan fingerprint density at radius 1 is 1.03 bits per heavy atom. The van der Waals surface area contributed by atoms with E-state index >= 15 is 0 Å². The molecule has 5 rings (SSSR count). The molecule has 0 spiro atoms. The molecule has 0 radical (unpaired) electrons. The monoisotopic (exact) mass is 518 g/mol. The van der Waals surface area contributed by atoms with Crippen LogP contribution in [0.2, 0.25) is 0 Å². The molecule has 0 saturated carbocycles. The normalized spacial score (nSPS) is 14.6. The molecule has 0 aliphatic carbocycles. The summed E-state index contributed by atoms with van der Waals surface area (Å²) in [7, 11) is 2.95. The van der Waals surface area contributed by atoms with Gasteiger partial charge in [0, 0.05) is 45.8 Å². The van der Waals surface area contributed by atoms with Crippen molar-refractivity contribution in [3.63, 3.8) is 0 Å². The van der Waals surface area contributed by atoms with Gasteiger partial charge in [0.1, 0.15) is 11.9 Å². The van der Waals surface area contributed by atoms with Gasteiger partial charge < -0.3 is 14.8 Å². The van der Waals surface area contributed by atoms with Crippen LogP contribution >= 0.6 is 0 Å². The average molecular weight is 519 g/mol. The lowest BCUT2D eigenvalue weighted by Gasteiger charge is -2.26. The third-order valence-electron chi connectivity index (χ3n) is 6.82. The van der Waals surface area contributed by atoms with Crippen LogP contribution in [-0.4, -0.2) is 57.6 Å². The van der Waals surface area contributed by atoms with Gasteiger partial charge in [0.15, 0.2) is 17.0 Å². The summed E-state index contributed by atoms with van der Waals surface area (Å²) >= 11 is 0. The van der Waals surface area contributed by atoms with Crippen molar-refractivity contribution in [1.82, 2.24) is 38.6 Å². The summed E-state index contributed by atoms with van der Waals surface area (Å²) in [6.45, 7) is 3.85. The van der Waals surface area contributed by atoms with E-state index in [2.05, 4.69) is 35.1 Å². The zero-order valence-electron chi connectivity index (χ0n) is 21.7. The van der Waals surface area contributed by atoms with Crippen molar-refractivity contribution in [2.45, 2.75) is 45.1 Å². The maximum absolute atomic E-state index is 13.4. The maximum Gasteiger partial charge on any atom is 0.332 e. The first-order valence-electron chi connectivity index (χ1n) is 12.7. The summed E-state index contributed by atoms with van der Waals surface area (Å²) < 4.78 is 3.84. The molecular weight excluding hydrogens is 488 g/mol. The number of nitrogens with one attached hydrogen (secondary N) is 1. The highest BCUT2D eigenvalue weighted by Gasteiger charge is 2.25. The van der Waals surface area contributed by atoms with Gasteiger partial charge in [-0.1, -0.05) is 13.3 Å². The lowest BCUT2D eigenvalue weighted by molar-refractivity contribution is -0.119. The smallest absolute Gasteiger partial charge is 0.332 e. The Bertz CT molecular complexity index is 1580. The molecule has 13 heteroatoms. The zero-order valence-corrected chi connectivity index (χ0v) is 21.7. The second-order valence-corrected chi connectivity index (χ2v) is 9.41. The second kappa shape index (κ2) is 10.5. The van der Waals surface area contributed by atoms with Crippen LogP contribution < -0.4 is 21.5 Å². The van der Waals surface area contributed by atoms with Crippen molar-refractivity contribution in [2.24, 2.45) is 14.1 Å². The molecular formula is C25H30N10O3. The van der Waals surface area contributed by atoms with E-state index in [0.717, 1.165) is 30.5 Å². The molecule has 13 nitrogen and oxygen atoms in total. The molecule has 1 unspecified atom stereocenters. The van der Waals surface area contributed by atoms with Gasteiger partial charge >= 0.3 is 5.69 Å². The van der Waals surface area contributed by atoms with Crippen molar-refractivity contribution < 1.29 is 4.79 Å².